The van der Waals surface area contributed by atoms with E-state index in [1.807, 2.05) is 0 Å². The monoisotopic (exact) mass is 160 g/mol. The van der Waals surface area contributed by atoms with Crippen molar-refractivity contribution in [2.75, 3.05) is 0 Å². The summed E-state index contributed by atoms with van der Waals surface area (Å²) < 4.78 is -0.750. The number of halogens is 4. The van der Waals surface area contributed by atoms with E-state index in [9.17, 15) is 0 Å². The van der Waals surface area contributed by atoms with Gasteiger partial charge in [0.15, 0.2) is 4.30 Å². The number of alkyl halides is 3. The summed E-state index contributed by atoms with van der Waals surface area (Å²) in [5.41, 5.74) is 0. The molecule has 0 saturated heterocycles. The van der Waals surface area contributed by atoms with E-state index in [0.29, 0.717) is 0 Å². The third-order valence-electron chi connectivity index (χ3n) is 0. The quantitative estimate of drug-likeness (QED) is 0.251. The molecule has 0 fully saturated rings. The maximum atomic E-state index is 4.81. The Morgan fingerprint density at radius 2 is 1.00 bits per heavy atom. The fourth-order valence-corrected chi connectivity index (χ4v) is 0. The molecule has 0 N–H and O–H groups in total. The summed E-state index contributed by atoms with van der Waals surface area (Å²) in [5.74, 6) is 0. The average molecular weight is 162 g/mol. The molecule has 0 amide bonds. The van der Waals surface area contributed by atoms with Crippen LogP contribution in [0.2, 0.25) is 0 Å². The number of hydrogen-bond donors (Lipinski definition) is 0. The van der Waals surface area contributed by atoms with Gasteiger partial charge < -0.3 is 12.4 Å². The van der Waals surface area contributed by atoms with Crippen LogP contribution in [-0.2, 0) is 0 Å². The molecule has 0 aromatic carbocycles. The normalized spacial score (nSPS) is 6.00. The standard InChI is InChI=1S/CHCl3.ClH.Li/c2-1(3)4;;/h1H;1H;/q;;+1/p-1. The molecule has 5 heteroatoms. The average Bonchev–Trinajstić information content (AvgIpc) is 0.811. The molecule has 0 aliphatic carbocycles. The van der Waals surface area contributed by atoms with Crippen LogP contribution < -0.4 is 31.3 Å². The molecule has 0 aliphatic rings. The number of rotatable bonds is 0. The summed E-state index contributed by atoms with van der Waals surface area (Å²) in [6, 6.07) is 0. The molecule has 0 unspecified atom stereocenters. The summed E-state index contributed by atoms with van der Waals surface area (Å²) in [6.07, 6.45) is 0. The van der Waals surface area contributed by atoms with Gasteiger partial charge in [-0.15, -0.1) is 0 Å². The zero-order chi connectivity index (χ0) is 3.58. The van der Waals surface area contributed by atoms with Crippen LogP contribution in [0.4, 0.5) is 0 Å². The minimum Gasteiger partial charge on any atom is -1.00 e. The second kappa shape index (κ2) is 9.90. The van der Waals surface area contributed by atoms with Gasteiger partial charge in [-0.25, -0.2) is 0 Å². The van der Waals surface area contributed by atoms with Gasteiger partial charge in [-0.1, -0.05) is 34.8 Å². The molecule has 0 nitrogen and oxygen atoms in total. The Bertz CT molecular complexity index is 12.3. The predicted octanol–water partition coefficient (Wildman–Crippen LogP) is -4.01. The van der Waals surface area contributed by atoms with E-state index in [0.717, 1.165) is 0 Å². The Hall–Kier alpha value is 1.76. The van der Waals surface area contributed by atoms with Crippen molar-refractivity contribution in [3.63, 3.8) is 0 Å². The zero-order valence-electron chi connectivity index (χ0n) is 3.09. The Morgan fingerprint density at radius 1 is 1.00 bits per heavy atom. The molecule has 6 heavy (non-hydrogen) atoms. The van der Waals surface area contributed by atoms with E-state index in [1.165, 1.54) is 0 Å². The van der Waals surface area contributed by atoms with E-state index in [-0.39, 0.29) is 31.3 Å². The maximum Gasteiger partial charge on any atom is 1.00 e. The molecule has 0 saturated carbocycles. The van der Waals surface area contributed by atoms with Crippen LogP contribution in [0.15, 0.2) is 0 Å². The Balaban J connectivity index is -0.0000000450. The van der Waals surface area contributed by atoms with Crippen molar-refractivity contribution in [2.45, 2.75) is 4.30 Å². The third kappa shape index (κ3) is 42.2. The summed E-state index contributed by atoms with van der Waals surface area (Å²) in [6.45, 7) is 0. The van der Waals surface area contributed by atoms with Gasteiger partial charge in [0.05, 0.1) is 0 Å². The Morgan fingerprint density at radius 3 is 1.00 bits per heavy atom. The fraction of sp³-hybridized carbons (Fsp3) is 1.00. The predicted molar refractivity (Wildman–Crippen MR) is 21.3 cm³/mol. The molecule has 0 atom stereocenters. The SMILES string of the molecule is ClC(Cl)Cl.[Cl-].[Li+]. The molecule has 34 valence electrons. The van der Waals surface area contributed by atoms with Crippen molar-refractivity contribution in [2.24, 2.45) is 0 Å². The summed E-state index contributed by atoms with van der Waals surface area (Å²) >= 11 is 14.4. The molecule has 0 aliphatic heterocycles. The largest absolute Gasteiger partial charge is 1.00 e. The van der Waals surface area contributed by atoms with Gasteiger partial charge in [-0.3, -0.25) is 0 Å². The van der Waals surface area contributed by atoms with E-state index in [2.05, 4.69) is 0 Å². The molecule has 0 bridgehead atoms. The van der Waals surface area contributed by atoms with Crippen LogP contribution in [0.25, 0.3) is 0 Å². The number of hydrogen-bond acceptors (Lipinski definition) is 0. The third-order valence-corrected chi connectivity index (χ3v) is 0. The molecular weight excluding hydrogens is 161 g/mol. The van der Waals surface area contributed by atoms with Crippen LogP contribution in [0.1, 0.15) is 0 Å². The zero-order valence-corrected chi connectivity index (χ0v) is 6.11. The van der Waals surface area contributed by atoms with Gasteiger partial charge in [0.25, 0.3) is 0 Å². The van der Waals surface area contributed by atoms with E-state index >= 15 is 0 Å². The van der Waals surface area contributed by atoms with Crippen molar-refractivity contribution < 1.29 is 31.3 Å². The molecule has 0 heterocycles. The minimum absolute atomic E-state index is 0. The molecule has 0 rings (SSSR count). The topological polar surface area (TPSA) is 0 Å². The van der Waals surface area contributed by atoms with Crippen molar-refractivity contribution in [3.05, 3.63) is 0 Å². The first-order valence-corrected chi connectivity index (χ1v) is 1.96. The molecule has 0 aromatic heterocycles. The Labute approximate surface area is 70.1 Å². The van der Waals surface area contributed by atoms with Gasteiger partial charge in [0, 0.05) is 0 Å². The van der Waals surface area contributed by atoms with Crippen LogP contribution in [0.3, 0.4) is 0 Å². The summed E-state index contributed by atoms with van der Waals surface area (Å²) in [4.78, 5) is 0. The van der Waals surface area contributed by atoms with Crippen molar-refractivity contribution in [1.82, 2.24) is 0 Å². The minimum atomic E-state index is -0.750. The smallest absolute Gasteiger partial charge is 1.00 e. The maximum absolute atomic E-state index is 4.81. The molecule has 0 aromatic rings. The fourth-order valence-electron chi connectivity index (χ4n) is 0. The first-order chi connectivity index (χ1) is 1.73. The van der Waals surface area contributed by atoms with Crippen LogP contribution in [0.5, 0.6) is 0 Å². The van der Waals surface area contributed by atoms with Crippen LogP contribution >= 0.6 is 34.8 Å². The summed E-state index contributed by atoms with van der Waals surface area (Å²) in [5, 5.41) is 0. The van der Waals surface area contributed by atoms with Crippen molar-refractivity contribution in [3.8, 4) is 0 Å². The second-order valence-corrected chi connectivity index (χ2v) is 2.23. The molecular formula is CHCl4Li. The second-order valence-electron chi connectivity index (χ2n) is 0.247. The van der Waals surface area contributed by atoms with Crippen LogP contribution in [0, 0.1) is 0 Å². The van der Waals surface area contributed by atoms with Gasteiger partial charge >= 0.3 is 18.9 Å². The van der Waals surface area contributed by atoms with Crippen LogP contribution in [-0.4, -0.2) is 4.30 Å². The molecule has 0 radical (unpaired) electrons. The summed E-state index contributed by atoms with van der Waals surface area (Å²) in [7, 11) is 0. The van der Waals surface area contributed by atoms with Gasteiger partial charge in [0.2, 0.25) is 0 Å². The first kappa shape index (κ1) is 15.7. The van der Waals surface area contributed by atoms with Crippen molar-refractivity contribution in [1.29, 1.82) is 0 Å². The van der Waals surface area contributed by atoms with Crippen molar-refractivity contribution >= 4 is 34.8 Å². The van der Waals surface area contributed by atoms with Gasteiger partial charge in [-0.2, -0.15) is 0 Å². The van der Waals surface area contributed by atoms with E-state index in [4.69, 9.17) is 34.8 Å². The Kier molecular flexibility index (Phi) is 25.8. The van der Waals surface area contributed by atoms with Gasteiger partial charge in [0.1, 0.15) is 0 Å². The first-order valence-electron chi connectivity index (χ1n) is 0.655. The van der Waals surface area contributed by atoms with Gasteiger partial charge in [-0.05, 0) is 0 Å². The molecule has 0 spiro atoms. The van der Waals surface area contributed by atoms with E-state index in [1.54, 1.807) is 0 Å². The van der Waals surface area contributed by atoms with E-state index < -0.39 is 4.30 Å².